The van der Waals surface area contributed by atoms with E-state index in [0.717, 1.165) is 12.1 Å². The Morgan fingerprint density at radius 3 is 2.00 bits per heavy atom. The van der Waals surface area contributed by atoms with Crippen molar-refractivity contribution in [2.45, 2.75) is 25.9 Å². The van der Waals surface area contributed by atoms with Crippen molar-refractivity contribution in [3.8, 4) is 0 Å². The normalized spacial score (nSPS) is 39.9. The first kappa shape index (κ1) is 7.79. The molecule has 0 aliphatic carbocycles. The van der Waals surface area contributed by atoms with Crippen LogP contribution in [0.2, 0.25) is 0 Å². The Morgan fingerprint density at radius 2 is 1.67 bits per heavy atom. The van der Waals surface area contributed by atoms with Crippen LogP contribution in [0.3, 0.4) is 0 Å². The monoisotopic (exact) mass is 240 g/mol. The standard InChI is InChI=1S/C7H15IN/c1-6-4-8-5-7(2)9(6)3/h6-7H,4-5H2,1-3H3/q-1/t6-,7?/m1/s1. The molecular formula is C7H15IN-. The van der Waals surface area contributed by atoms with Crippen LogP contribution in [0.4, 0.5) is 0 Å². The molecule has 0 spiro atoms. The second kappa shape index (κ2) is 3.19. The average molecular weight is 240 g/mol. The quantitative estimate of drug-likeness (QED) is 0.343. The number of rotatable bonds is 0. The number of hydrogen-bond donors (Lipinski definition) is 0. The molecular weight excluding hydrogens is 225 g/mol. The van der Waals surface area contributed by atoms with E-state index in [-0.39, 0.29) is 0 Å². The van der Waals surface area contributed by atoms with E-state index in [1.807, 2.05) is 0 Å². The molecule has 1 aliphatic heterocycles. The van der Waals surface area contributed by atoms with E-state index in [9.17, 15) is 0 Å². The Kier molecular flexibility index (Phi) is 2.76. The SMILES string of the molecule is CC1C[I-]C[C@@H](C)N1C. The fraction of sp³-hybridized carbons (Fsp3) is 1.00. The van der Waals surface area contributed by atoms with E-state index >= 15 is 0 Å². The van der Waals surface area contributed by atoms with E-state index in [0.29, 0.717) is 21.2 Å². The number of nitrogens with zero attached hydrogens (tertiary/aromatic N) is 1. The predicted molar refractivity (Wildman–Crippen MR) is 36.4 cm³/mol. The minimum atomic E-state index is 0.565. The molecule has 1 heterocycles. The van der Waals surface area contributed by atoms with Gasteiger partial charge in [0.1, 0.15) is 0 Å². The van der Waals surface area contributed by atoms with Crippen molar-refractivity contribution < 1.29 is 21.2 Å². The summed E-state index contributed by atoms with van der Waals surface area (Å²) in [5.74, 6) is 0. The molecule has 1 rings (SSSR count). The second-order valence-electron chi connectivity index (χ2n) is 2.86. The molecule has 0 aromatic rings. The van der Waals surface area contributed by atoms with Crippen molar-refractivity contribution in [2.24, 2.45) is 0 Å². The molecule has 0 radical (unpaired) electrons. The zero-order valence-electron chi connectivity index (χ0n) is 6.39. The Morgan fingerprint density at radius 1 is 1.22 bits per heavy atom. The molecule has 2 atom stereocenters. The average Bonchev–Trinajstić information content (AvgIpc) is 1.83. The van der Waals surface area contributed by atoms with Crippen molar-refractivity contribution in [3.63, 3.8) is 0 Å². The number of halogens is 1. The van der Waals surface area contributed by atoms with Crippen LogP contribution < -0.4 is 21.2 Å². The summed E-state index contributed by atoms with van der Waals surface area (Å²) in [6.07, 6.45) is 0. The van der Waals surface area contributed by atoms with Crippen LogP contribution >= 0.6 is 0 Å². The molecule has 0 N–H and O–H groups in total. The zero-order valence-corrected chi connectivity index (χ0v) is 8.55. The van der Waals surface area contributed by atoms with Gasteiger partial charge < -0.3 is 0 Å². The molecule has 1 saturated heterocycles. The topological polar surface area (TPSA) is 3.24 Å². The molecule has 0 saturated carbocycles. The van der Waals surface area contributed by atoms with E-state index in [1.54, 1.807) is 0 Å². The van der Waals surface area contributed by atoms with Gasteiger partial charge in [0.2, 0.25) is 0 Å². The summed E-state index contributed by atoms with van der Waals surface area (Å²) in [6.45, 7) is 4.69. The summed E-state index contributed by atoms with van der Waals surface area (Å²) in [4.78, 5) is 2.50. The first-order chi connectivity index (χ1) is 4.22. The third kappa shape index (κ3) is 1.80. The summed E-state index contributed by atoms with van der Waals surface area (Å²) in [5.41, 5.74) is 0. The van der Waals surface area contributed by atoms with Gasteiger partial charge in [-0.3, -0.25) is 0 Å². The first-order valence-electron chi connectivity index (χ1n) is 3.47. The van der Waals surface area contributed by atoms with Crippen molar-refractivity contribution >= 4 is 0 Å². The first-order valence-corrected chi connectivity index (χ1v) is 6.52. The number of alkyl halides is 2. The molecule has 56 valence electrons. The van der Waals surface area contributed by atoms with E-state index in [4.69, 9.17) is 0 Å². The van der Waals surface area contributed by atoms with Gasteiger partial charge in [0.25, 0.3) is 0 Å². The fourth-order valence-electron chi connectivity index (χ4n) is 1.03. The zero-order chi connectivity index (χ0) is 6.85. The van der Waals surface area contributed by atoms with Crippen LogP contribution in [-0.2, 0) is 0 Å². The Labute approximate surface area is 68.1 Å². The molecule has 1 unspecified atom stereocenters. The van der Waals surface area contributed by atoms with Crippen molar-refractivity contribution in [3.05, 3.63) is 0 Å². The van der Waals surface area contributed by atoms with Crippen LogP contribution in [0.1, 0.15) is 13.8 Å². The van der Waals surface area contributed by atoms with Gasteiger partial charge in [0.15, 0.2) is 0 Å². The van der Waals surface area contributed by atoms with Gasteiger partial charge in [-0.05, 0) is 0 Å². The molecule has 0 aromatic carbocycles. The summed E-state index contributed by atoms with van der Waals surface area (Å²) in [6, 6.07) is 1.73. The van der Waals surface area contributed by atoms with Crippen molar-refractivity contribution in [1.29, 1.82) is 0 Å². The molecule has 0 aromatic heterocycles. The number of hydrogen-bond acceptors (Lipinski definition) is 1. The van der Waals surface area contributed by atoms with Gasteiger partial charge in [0, 0.05) is 0 Å². The molecule has 1 nitrogen and oxygen atoms in total. The molecule has 0 bridgehead atoms. The second-order valence-corrected chi connectivity index (χ2v) is 5.70. The van der Waals surface area contributed by atoms with Gasteiger partial charge in [-0.2, -0.15) is 0 Å². The summed E-state index contributed by atoms with van der Waals surface area (Å²) < 4.78 is 3.00. The summed E-state index contributed by atoms with van der Waals surface area (Å²) >= 11 is 0.565. The van der Waals surface area contributed by atoms with Crippen LogP contribution in [-0.4, -0.2) is 32.9 Å². The van der Waals surface area contributed by atoms with E-state index in [2.05, 4.69) is 25.8 Å². The third-order valence-corrected chi connectivity index (χ3v) is 5.85. The summed E-state index contributed by atoms with van der Waals surface area (Å²) in [7, 11) is 2.25. The third-order valence-electron chi connectivity index (χ3n) is 2.06. The van der Waals surface area contributed by atoms with Crippen molar-refractivity contribution in [1.82, 2.24) is 4.90 Å². The molecule has 0 amide bonds. The van der Waals surface area contributed by atoms with Crippen molar-refractivity contribution in [2.75, 3.05) is 15.9 Å². The Bertz CT molecular complexity index is 84.9. The molecule has 1 aliphatic rings. The molecule has 1 fully saturated rings. The van der Waals surface area contributed by atoms with Gasteiger partial charge in [0.05, 0.1) is 0 Å². The van der Waals surface area contributed by atoms with Crippen LogP contribution in [0.25, 0.3) is 0 Å². The van der Waals surface area contributed by atoms with Crippen LogP contribution in [0.5, 0.6) is 0 Å². The van der Waals surface area contributed by atoms with Crippen LogP contribution in [0.15, 0.2) is 0 Å². The predicted octanol–water partition coefficient (Wildman–Crippen LogP) is -2.20. The minimum absolute atomic E-state index is 0.565. The maximum absolute atomic E-state index is 2.50. The van der Waals surface area contributed by atoms with Gasteiger partial charge in [-0.15, -0.1) is 0 Å². The van der Waals surface area contributed by atoms with Gasteiger partial charge >= 0.3 is 67.9 Å². The Hall–Kier alpha value is 0.690. The van der Waals surface area contributed by atoms with Crippen LogP contribution in [0, 0.1) is 0 Å². The van der Waals surface area contributed by atoms with Gasteiger partial charge in [-0.25, -0.2) is 0 Å². The Balaban J connectivity index is 2.41. The molecule has 2 heteroatoms. The van der Waals surface area contributed by atoms with E-state index in [1.165, 1.54) is 8.86 Å². The molecule has 9 heavy (non-hydrogen) atoms. The fourth-order valence-corrected chi connectivity index (χ4v) is 4.44. The van der Waals surface area contributed by atoms with E-state index < -0.39 is 0 Å². The van der Waals surface area contributed by atoms with Gasteiger partial charge in [-0.1, -0.05) is 0 Å². The summed E-state index contributed by atoms with van der Waals surface area (Å²) in [5, 5.41) is 0. The maximum atomic E-state index is 2.50.